The van der Waals surface area contributed by atoms with Crippen LogP contribution in [0.3, 0.4) is 0 Å². The number of fused-ring (bicyclic) bond motifs is 1. The van der Waals surface area contributed by atoms with Crippen molar-refractivity contribution in [1.82, 2.24) is 15.5 Å². The normalized spacial score (nSPS) is 12.2. The van der Waals surface area contributed by atoms with Crippen molar-refractivity contribution in [3.63, 3.8) is 0 Å². The molecule has 0 fully saturated rings. The minimum Gasteiger partial charge on any atom is -0.308 e. The number of aromatic nitrogens is 2. The van der Waals surface area contributed by atoms with Crippen molar-refractivity contribution in [2.75, 3.05) is 0 Å². The number of benzene rings is 1. The van der Waals surface area contributed by atoms with Gasteiger partial charge in [0, 0.05) is 17.5 Å². The lowest BCUT2D eigenvalue weighted by Crippen LogP contribution is -2.35. The van der Waals surface area contributed by atoms with E-state index < -0.39 is 0 Å². The highest BCUT2D eigenvalue weighted by Crippen LogP contribution is 2.13. The Morgan fingerprint density at radius 2 is 2.13 bits per heavy atom. The first-order valence-corrected chi connectivity index (χ1v) is 5.22. The highest BCUT2D eigenvalue weighted by Gasteiger charge is 2.08. The summed E-state index contributed by atoms with van der Waals surface area (Å²) in [5, 5.41) is 11.6. The summed E-state index contributed by atoms with van der Waals surface area (Å²) in [6, 6.07) is 6.37. The highest BCUT2D eigenvalue weighted by atomic mass is 15.1. The van der Waals surface area contributed by atoms with Gasteiger partial charge in [-0.2, -0.15) is 5.10 Å². The predicted molar refractivity (Wildman–Crippen MR) is 62.7 cm³/mol. The topological polar surface area (TPSA) is 40.7 Å². The summed E-state index contributed by atoms with van der Waals surface area (Å²) in [7, 11) is 0. The van der Waals surface area contributed by atoms with E-state index >= 15 is 0 Å². The first-order chi connectivity index (χ1) is 7.04. The predicted octanol–water partition coefficient (Wildman–Crippen LogP) is 2.45. The zero-order chi connectivity index (χ0) is 10.9. The van der Waals surface area contributed by atoms with Gasteiger partial charge in [-0.05, 0) is 32.4 Å². The van der Waals surface area contributed by atoms with Gasteiger partial charge < -0.3 is 5.32 Å². The van der Waals surface area contributed by atoms with Gasteiger partial charge in [-0.15, -0.1) is 0 Å². The summed E-state index contributed by atoms with van der Waals surface area (Å²) in [5.74, 6) is 0. The molecule has 3 nitrogen and oxygen atoms in total. The van der Waals surface area contributed by atoms with Crippen LogP contribution >= 0.6 is 0 Å². The summed E-state index contributed by atoms with van der Waals surface area (Å²) < 4.78 is 0. The van der Waals surface area contributed by atoms with E-state index in [1.165, 1.54) is 5.56 Å². The summed E-state index contributed by atoms with van der Waals surface area (Å²) in [6.45, 7) is 7.39. The number of hydrogen-bond acceptors (Lipinski definition) is 2. The van der Waals surface area contributed by atoms with Crippen molar-refractivity contribution in [3.05, 3.63) is 30.0 Å². The second kappa shape index (κ2) is 3.66. The number of nitrogens with zero attached hydrogens (tertiary/aromatic N) is 1. The van der Waals surface area contributed by atoms with E-state index in [-0.39, 0.29) is 5.54 Å². The number of hydrogen-bond donors (Lipinski definition) is 2. The molecule has 1 aromatic carbocycles. The Bertz CT molecular complexity index is 451. The van der Waals surface area contributed by atoms with Crippen LogP contribution in [0.25, 0.3) is 10.9 Å². The molecule has 2 N–H and O–H groups in total. The Labute approximate surface area is 89.9 Å². The molecule has 0 unspecified atom stereocenters. The minimum atomic E-state index is 0.156. The molecular weight excluding hydrogens is 186 g/mol. The molecule has 0 aliphatic heterocycles. The fourth-order valence-electron chi connectivity index (χ4n) is 1.46. The maximum Gasteiger partial charge on any atom is 0.0653 e. The highest BCUT2D eigenvalue weighted by molar-refractivity contribution is 5.78. The molecule has 0 saturated heterocycles. The number of rotatable bonds is 2. The first-order valence-electron chi connectivity index (χ1n) is 5.22. The van der Waals surface area contributed by atoms with Crippen molar-refractivity contribution in [2.45, 2.75) is 32.9 Å². The summed E-state index contributed by atoms with van der Waals surface area (Å²) in [6.07, 6.45) is 1.84. The third-order valence-electron chi connectivity index (χ3n) is 2.33. The minimum absolute atomic E-state index is 0.156. The SMILES string of the molecule is CC(C)(C)NCc1ccc2cn[nH]c2c1. The average molecular weight is 203 g/mol. The molecule has 1 aromatic heterocycles. The van der Waals surface area contributed by atoms with E-state index in [9.17, 15) is 0 Å². The zero-order valence-electron chi connectivity index (χ0n) is 9.46. The largest absolute Gasteiger partial charge is 0.308 e. The van der Waals surface area contributed by atoms with Gasteiger partial charge in [0.1, 0.15) is 0 Å². The van der Waals surface area contributed by atoms with E-state index in [1.807, 2.05) is 6.20 Å². The fraction of sp³-hybridized carbons (Fsp3) is 0.417. The van der Waals surface area contributed by atoms with Gasteiger partial charge in [0.05, 0.1) is 11.7 Å². The maximum absolute atomic E-state index is 4.01. The second-order valence-corrected chi connectivity index (χ2v) is 4.90. The molecule has 0 aliphatic carbocycles. The van der Waals surface area contributed by atoms with Crippen LogP contribution in [0.4, 0.5) is 0 Å². The fourth-order valence-corrected chi connectivity index (χ4v) is 1.46. The van der Waals surface area contributed by atoms with Crippen LogP contribution in [0, 0.1) is 0 Å². The van der Waals surface area contributed by atoms with Crippen LogP contribution in [0.5, 0.6) is 0 Å². The quantitative estimate of drug-likeness (QED) is 0.787. The third-order valence-corrected chi connectivity index (χ3v) is 2.33. The standard InChI is InChI=1S/C12H17N3/c1-12(2,3)13-7-9-4-5-10-8-14-15-11(10)6-9/h4-6,8,13H,7H2,1-3H3,(H,14,15). The summed E-state index contributed by atoms with van der Waals surface area (Å²) >= 11 is 0. The first kappa shape index (κ1) is 10.2. The average Bonchev–Trinajstić information content (AvgIpc) is 2.60. The molecule has 0 spiro atoms. The molecule has 15 heavy (non-hydrogen) atoms. The van der Waals surface area contributed by atoms with E-state index in [2.05, 4.69) is 54.5 Å². The van der Waals surface area contributed by atoms with Gasteiger partial charge in [0.15, 0.2) is 0 Å². The monoisotopic (exact) mass is 203 g/mol. The lowest BCUT2D eigenvalue weighted by molar-refractivity contribution is 0.424. The molecule has 0 aliphatic rings. The Balaban J connectivity index is 2.15. The van der Waals surface area contributed by atoms with Gasteiger partial charge >= 0.3 is 0 Å². The molecular formula is C12H17N3. The van der Waals surface area contributed by atoms with E-state index in [1.54, 1.807) is 0 Å². The Morgan fingerprint density at radius 1 is 1.33 bits per heavy atom. The molecule has 2 aromatic rings. The number of nitrogens with one attached hydrogen (secondary N) is 2. The zero-order valence-corrected chi connectivity index (χ0v) is 9.46. The second-order valence-electron chi connectivity index (χ2n) is 4.90. The molecule has 0 atom stereocenters. The van der Waals surface area contributed by atoms with Crippen LogP contribution in [0.2, 0.25) is 0 Å². The van der Waals surface area contributed by atoms with Crippen molar-refractivity contribution >= 4 is 10.9 Å². The third kappa shape index (κ3) is 2.57. The van der Waals surface area contributed by atoms with Crippen molar-refractivity contribution in [1.29, 1.82) is 0 Å². The van der Waals surface area contributed by atoms with Crippen molar-refractivity contribution in [2.24, 2.45) is 0 Å². The van der Waals surface area contributed by atoms with Gasteiger partial charge in [-0.1, -0.05) is 12.1 Å². The van der Waals surface area contributed by atoms with Crippen LogP contribution in [-0.4, -0.2) is 15.7 Å². The van der Waals surface area contributed by atoms with E-state index in [4.69, 9.17) is 0 Å². The van der Waals surface area contributed by atoms with Crippen molar-refractivity contribution in [3.8, 4) is 0 Å². The summed E-state index contributed by atoms with van der Waals surface area (Å²) in [4.78, 5) is 0. The maximum atomic E-state index is 4.01. The lowest BCUT2D eigenvalue weighted by atomic mass is 10.1. The summed E-state index contributed by atoms with van der Waals surface area (Å²) in [5.41, 5.74) is 2.54. The van der Waals surface area contributed by atoms with E-state index in [0.29, 0.717) is 0 Å². The van der Waals surface area contributed by atoms with Crippen LogP contribution in [0.15, 0.2) is 24.4 Å². The smallest absolute Gasteiger partial charge is 0.0653 e. The number of aromatic amines is 1. The van der Waals surface area contributed by atoms with Crippen LogP contribution in [0.1, 0.15) is 26.3 Å². The Kier molecular flexibility index (Phi) is 2.49. The van der Waals surface area contributed by atoms with Crippen LogP contribution in [-0.2, 0) is 6.54 Å². The molecule has 80 valence electrons. The molecule has 3 heteroatoms. The van der Waals surface area contributed by atoms with Crippen LogP contribution < -0.4 is 5.32 Å². The lowest BCUT2D eigenvalue weighted by Gasteiger charge is -2.20. The Hall–Kier alpha value is -1.35. The van der Waals surface area contributed by atoms with Gasteiger partial charge in [0.2, 0.25) is 0 Å². The van der Waals surface area contributed by atoms with Crippen molar-refractivity contribution < 1.29 is 0 Å². The molecule has 2 rings (SSSR count). The molecule has 0 radical (unpaired) electrons. The van der Waals surface area contributed by atoms with Gasteiger partial charge in [-0.25, -0.2) is 0 Å². The molecule has 0 saturated carbocycles. The van der Waals surface area contributed by atoms with Gasteiger partial charge in [-0.3, -0.25) is 5.10 Å². The van der Waals surface area contributed by atoms with E-state index in [0.717, 1.165) is 17.4 Å². The van der Waals surface area contributed by atoms with Gasteiger partial charge in [0.25, 0.3) is 0 Å². The molecule has 0 amide bonds. The Morgan fingerprint density at radius 3 is 2.87 bits per heavy atom. The molecule has 0 bridgehead atoms. The number of H-pyrrole nitrogens is 1. The molecule has 1 heterocycles.